The summed E-state index contributed by atoms with van der Waals surface area (Å²) in [6.45, 7) is 6.00. The predicted octanol–water partition coefficient (Wildman–Crippen LogP) is 1.76. The molecule has 2 aliphatic rings. The summed E-state index contributed by atoms with van der Waals surface area (Å²) in [5.41, 5.74) is 0. The fraction of sp³-hybridized carbons (Fsp3) is 1.00. The van der Waals surface area contributed by atoms with Gasteiger partial charge in [0.25, 0.3) is 0 Å². The second-order valence-corrected chi connectivity index (χ2v) is 5.22. The Hall–Kier alpha value is -0.0800. The third kappa shape index (κ3) is 2.96. The van der Waals surface area contributed by atoms with Gasteiger partial charge in [0, 0.05) is 19.1 Å². The number of hydrogen-bond acceptors (Lipinski definition) is 2. The first-order valence-electron chi connectivity index (χ1n) is 6.28. The van der Waals surface area contributed by atoms with Gasteiger partial charge in [0.1, 0.15) is 0 Å². The van der Waals surface area contributed by atoms with Gasteiger partial charge in [0.2, 0.25) is 0 Å². The zero-order valence-electron chi connectivity index (χ0n) is 9.39. The van der Waals surface area contributed by atoms with Crippen LogP contribution in [0.25, 0.3) is 0 Å². The molecule has 0 amide bonds. The molecule has 2 N–H and O–H groups in total. The quantitative estimate of drug-likeness (QED) is 0.716. The minimum Gasteiger partial charge on any atom is -0.314 e. The summed E-state index contributed by atoms with van der Waals surface area (Å²) >= 11 is 0. The molecule has 0 aromatic carbocycles. The molecule has 2 rings (SSSR count). The second-order valence-electron chi connectivity index (χ2n) is 5.22. The molecule has 0 unspecified atom stereocenters. The van der Waals surface area contributed by atoms with E-state index in [1.807, 2.05) is 0 Å². The van der Waals surface area contributed by atoms with Crippen LogP contribution in [0.15, 0.2) is 0 Å². The maximum absolute atomic E-state index is 3.62. The first kappa shape index (κ1) is 10.4. The van der Waals surface area contributed by atoms with E-state index in [2.05, 4.69) is 17.6 Å². The van der Waals surface area contributed by atoms with Gasteiger partial charge in [0.05, 0.1) is 0 Å². The van der Waals surface area contributed by atoms with Crippen LogP contribution in [0.5, 0.6) is 0 Å². The van der Waals surface area contributed by atoms with E-state index in [1.165, 1.54) is 51.7 Å². The van der Waals surface area contributed by atoms with Gasteiger partial charge in [0.15, 0.2) is 0 Å². The fourth-order valence-electron chi connectivity index (χ4n) is 2.54. The highest BCUT2D eigenvalue weighted by molar-refractivity contribution is 4.81. The standard InChI is InChI=1S/C12H24N2/c1-10-2-4-11(5-3-10)6-7-14-12-8-13-9-12/h10-14H,2-9H2,1H3. The summed E-state index contributed by atoms with van der Waals surface area (Å²) in [5.74, 6) is 2.02. The van der Waals surface area contributed by atoms with Crippen LogP contribution in [0.1, 0.15) is 39.0 Å². The van der Waals surface area contributed by atoms with Crippen molar-refractivity contribution in [1.29, 1.82) is 0 Å². The van der Waals surface area contributed by atoms with E-state index >= 15 is 0 Å². The number of rotatable bonds is 4. The highest BCUT2D eigenvalue weighted by Crippen LogP contribution is 2.29. The Morgan fingerprint density at radius 2 is 1.86 bits per heavy atom. The van der Waals surface area contributed by atoms with E-state index < -0.39 is 0 Å². The van der Waals surface area contributed by atoms with Gasteiger partial charge >= 0.3 is 0 Å². The van der Waals surface area contributed by atoms with Crippen LogP contribution in [0.4, 0.5) is 0 Å². The zero-order valence-corrected chi connectivity index (χ0v) is 9.39. The first-order chi connectivity index (χ1) is 6.84. The van der Waals surface area contributed by atoms with Gasteiger partial charge < -0.3 is 10.6 Å². The summed E-state index contributed by atoms with van der Waals surface area (Å²) in [4.78, 5) is 0. The highest BCUT2D eigenvalue weighted by atomic mass is 15.1. The molecule has 0 radical (unpaired) electrons. The van der Waals surface area contributed by atoms with E-state index in [0.717, 1.165) is 17.9 Å². The molecule has 2 nitrogen and oxygen atoms in total. The van der Waals surface area contributed by atoms with Crippen LogP contribution in [-0.4, -0.2) is 25.7 Å². The smallest absolute Gasteiger partial charge is 0.0317 e. The van der Waals surface area contributed by atoms with Crippen LogP contribution in [0.3, 0.4) is 0 Å². The van der Waals surface area contributed by atoms with E-state index in [1.54, 1.807) is 0 Å². The predicted molar refractivity (Wildman–Crippen MR) is 60.4 cm³/mol. The molecule has 0 bridgehead atoms. The minimum absolute atomic E-state index is 0.775. The Kier molecular flexibility index (Phi) is 3.82. The minimum atomic E-state index is 0.775. The van der Waals surface area contributed by atoms with E-state index in [0.29, 0.717) is 0 Å². The number of nitrogens with one attached hydrogen (secondary N) is 2. The third-order valence-electron chi connectivity index (χ3n) is 3.90. The van der Waals surface area contributed by atoms with Gasteiger partial charge in [-0.25, -0.2) is 0 Å². The molecule has 14 heavy (non-hydrogen) atoms. The number of hydrogen-bond donors (Lipinski definition) is 2. The molecular formula is C12H24N2. The highest BCUT2D eigenvalue weighted by Gasteiger charge is 2.19. The monoisotopic (exact) mass is 196 g/mol. The average molecular weight is 196 g/mol. The Morgan fingerprint density at radius 1 is 1.14 bits per heavy atom. The van der Waals surface area contributed by atoms with Crippen molar-refractivity contribution in [3.05, 3.63) is 0 Å². The SMILES string of the molecule is CC1CCC(CCNC2CNC2)CC1. The average Bonchev–Trinajstić information content (AvgIpc) is 2.12. The molecule has 1 saturated heterocycles. The molecular weight excluding hydrogens is 172 g/mol. The van der Waals surface area contributed by atoms with E-state index in [9.17, 15) is 0 Å². The molecule has 82 valence electrons. The largest absolute Gasteiger partial charge is 0.314 e. The van der Waals surface area contributed by atoms with Crippen molar-refractivity contribution in [2.24, 2.45) is 11.8 Å². The van der Waals surface area contributed by atoms with Crippen LogP contribution in [-0.2, 0) is 0 Å². The Bertz CT molecular complexity index is 158. The second kappa shape index (κ2) is 5.13. The maximum atomic E-state index is 3.62. The van der Waals surface area contributed by atoms with Gasteiger partial charge in [-0.3, -0.25) is 0 Å². The fourth-order valence-corrected chi connectivity index (χ4v) is 2.54. The summed E-state index contributed by atoms with van der Waals surface area (Å²) in [7, 11) is 0. The summed E-state index contributed by atoms with van der Waals surface area (Å²) in [5, 5.41) is 6.91. The summed E-state index contributed by atoms with van der Waals surface area (Å²) in [6, 6.07) is 0.775. The van der Waals surface area contributed by atoms with E-state index in [4.69, 9.17) is 0 Å². The van der Waals surface area contributed by atoms with Gasteiger partial charge in [-0.15, -0.1) is 0 Å². The van der Waals surface area contributed by atoms with Crippen molar-refractivity contribution in [3.63, 3.8) is 0 Å². The normalized spacial score (nSPS) is 34.1. The summed E-state index contributed by atoms with van der Waals surface area (Å²) < 4.78 is 0. The van der Waals surface area contributed by atoms with Crippen molar-refractivity contribution in [2.45, 2.75) is 45.1 Å². The molecule has 2 heteroatoms. The molecule has 2 fully saturated rings. The first-order valence-corrected chi connectivity index (χ1v) is 6.28. The molecule has 0 atom stereocenters. The van der Waals surface area contributed by atoms with Crippen molar-refractivity contribution < 1.29 is 0 Å². The Morgan fingerprint density at radius 3 is 2.43 bits per heavy atom. The zero-order chi connectivity index (χ0) is 9.80. The van der Waals surface area contributed by atoms with Crippen molar-refractivity contribution in [3.8, 4) is 0 Å². The van der Waals surface area contributed by atoms with E-state index in [-0.39, 0.29) is 0 Å². The molecule has 1 aliphatic heterocycles. The van der Waals surface area contributed by atoms with Crippen molar-refractivity contribution >= 4 is 0 Å². The van der Waals surface area contributed by atoms with Gasteiger partial charge in [-0.2, -0.15) is 0 Å². The topological polar surface area (TPSA) is 24.1 Å². The molecule has 1 saturated carbocycles. The molecule has 0 aromatic heterocycles. The van der Waals surface area contributed by atoms with Crippen LogP contribution < -0.4 is 10.6 Å². The lowest BCUT2D eigenvalue weighted by molar-refractivity contribution is 0.266. The van der Waals surface area contributed by atoms with Crippen LogP contribution in [0, 0.1) is 11.8 Å². The van der Waals surface area contributed by atoms with Gasteiger partial charge in [-0.1, -0.05) is 32.6 Å². The van der Waals surface area contributed by atoms with Crippen molar-refractivity contribution in [2.75, 3.05) is 19.6 Å². The third-order valence-corrected chi connectivity index (χ3v) is 3.90. The Labute approximate surface area is 87.8 Å². The van der Waals surface area contributed by atoms with Crippen molar-refractivity contribution in [1.82, 2.24) is 10.6 Å². The molecule has 0 spiro atoms. The molecule has 0 aromatic rings. The lowest BCUT2D eigenvalue weighted by atomic mass is 9.81. The lowest BCUT2D eigenvalue weighted by Gasteiger charge is -2.30. The molecule has 1 aliphatic carbocycles. The van der Waals surface area contributed by atoms with Crippen LogP contribution in [0.2, 0.25) is 0 Å². The lowest BCUT2D eigenvalue weighted by Crippen LogP contribution is -2.55. The van der Waals surface area contributed by atoms with Gasteiger partial charge in [-0.05, 0) is 24.8 Å². The maximum Gasteiger partial charge on any atom is 0.0317 e. The molecule has 1 heterocycles. The van der Waals surface area contributed by atoms with Crippen LogP contribution >= 0.6 is 0 Å². The Balaban J connectivity index is 1.52. The summed E-state index contributed by atoms with van der Waals surface area (Å²) in [6.07, 6.45) is 7.30.